The quantitative estimate of drug-likeness (QED) is 0.507. The first kappa shape index (κ1) is 23.8. The molecule has 1 aromatic heterocycles. The fraction of sp³-hybridized carbons (Fsp3) is 0.360. The van der Waals surface area contributed by atoms with E-state index in [2.05, 4.69) is 15.5 Å². The van der Waals surface area contributed by atoms with Gasteiger partial charge in [0.05, 0.1) is 18.0 Å². The maximum Gasteiger partial charge on any atom is 0.407 e. The van der Waals surface area contributed by atoms with Gasteiger partial charge in [0, 0.05) is 22.7 Å². The maximum atomic E-state index is 11.8. The molecule has 3 aromatic rings. The lowest BCUT2D eigenvalue weighted by Crippen LogP contribution is -2.33. The molecule has 0 bridgehead atoms. The van der Waals surface area contributed by atoms with Crippen molar-refractivity contribution in [1.29, 1.82) is 0 Å². The highest BCUT2D eigenvalue weighted by Crippen LogP contribution is 2.29. The number of benzene rings is 2. The Balaban J connectivity index is 1.51. The van der Waals surface area contributed by atoms with E-state index in [1.54, 1.807) is 0 Å². The Morgan fingerprint density at radius 1 is 1.15 bits per heavy atom. The van der Waals surface area contributed by atoms with Crippen LogP contribution in [-0.4, -0.2) is 45.3 Å². The molecule has 0 unspecified atom stereocenters. The van der Waals surface area contributed by atoms with E-state index in [0.717, 1.165) is 34.2 Å². The summed E-state index contributed by atoms with van der Waals surface area (Å²) in [6, 6.07) is 13.5. The maximum absolute atomic E-state index is 11.8. The minimum absolute atomic E-state index is 0.417. The van der Waals surface area contributed by atoms with Crippen LogP contribution in [0, 0.1) is 6.92 Å². The third-order valence-electron chi connectivity index (χ3n) is 5.11. The molecule has 0 atom stereocenters. The van der Waals surface area contributed by atoms with Gasteiger partial charge in [-0.2, -0.15) is 0 Å². The second kappa shape index (κ2) is 9.85. The number of nitrogens with one attached hydrogen (secondary N) is 1. The van der Waals surface area contributed by atoms with Gasteiger partial charge in [0.1, 0.15) is 23.7 Å². The van der Waals surface area contributed by atoms with E-state index in [9.17, 15) is 4.79 Å². The number of fused-ring (bicyclic) bond motifs is 3. The molecule has 1 aliphatic rings. The van der Waals surface area contributed by atoms with E-state index in [0.29, 0.717) is 36.9 Å². The van der Waals surface area contributed by atoms with Gasteiger partial charge in [-0.25, -0.2) is 4.79 Å². The van der Waals surface area contributed by atoms with Crippen molar-refractivity contribution in [2.75, 3.05) is 13.2 Å². The molecule has 0 saturated heterocycles. The molecule has 2 heterocycles. The van der Waals surface area contributed by atoms with E-state index in [-0.39, 0.29) is 0 Å². The molecule has 1 aliphatic heterocycles. The Labute approximate surface area is 204 Å². The number of hydrogen-bond donors (Lipinski definition) is 1. The molecular formula is C25H28ClN5O3. The molecule has 0 spiro atoms. The first-order valence-corrected chi connectivity index (χ1v) is 11.5. The van der Waals surface area contributed by atoms with E-state index < -0.39 is 11.7 Å². The van der Waals surface area contributed by atoms with Crippen molar-refractivity contribution in [3.05, 3.63) is 70.3 Å². The SMILES string of the molecule is Cc1nnc2n1-c1ccc(OCCCNC(=O)OC(C)(C)C)cc1C(c1ccc(Cl)cc1)=NC2. The average molecular weight is 482 g/mol. The van der Waals surface area contributed by atoms with E-state index in [4.69, 9.17) is 26.1 Å². The monoisotopic (exact) mass is 481 g/mol. The van der Waals surface area contributed by atoms with Gasteiger partial charge in [0.25, 0.3) is 0 Å². The number of nitrogens with zero attached hydrogens (tertiary/aromatic N) is 4. The van der Waals surface area contributed by atoms with E-state index >= 15 is 0 Å². The highest BCUT2D eigenvalue weighted by molar-refractivity contribution is 6.30. The fourth-order valence-corrected chi connectivity index (χ4v) is 3.79. The number of carbonyl (C=O) groups is 1. The van der Waals surface area contributed by atoms with Gasteiger partial charge in [-0.05, 0) is 64.4 Å². The fourth-order valence-electron chi connectivity index (χ4n) is 3.67. The molecule has 0 saturated carbocycles. The predicted molar refractivity (Wildman–Crippen MR) is 131 cm³/mol. The Morgan fingerprint density at radius 3 is 2.65 bits per heavy atom. The minimum Gasteiger partial charge on any atom is -0.494 e. The molecule has 1 N–H and O–H groups in total. The largest absolute Gasteiger partial charge is 0.494 e. The van der Waals surface area contributed by atoms with Crippen molar-refractivity contribution >= 4 is 23.4 Å². The summed E-state index contributed by atoms with van der Waals surface area (Å²) in [7, 11) is 0. The molecule has 178 valence electrons. The summed E-state index contributed by atoms with van der Waals surface area (Å²) < 4.78 is 13.3. The van der Waals surface area contributed by atoms with Crippen LogP contribution in [0.5, 0.6) is 5.75 Å². The zero-order valence-corrected chi connectivity index (χ0v) is 20.5. The first-order valence-electron chi connectivity index (χ1n) is 11.2. The highest BCUT2D eigenvalue weighted by atomic mass is 35.5. The number of alkyl carbamates (subject to hydrolysis) is 1. The number of ether oxygens (including phenoxy) is 2. The lowest BCUT2D eigenvalue weighted by atomic mass is 10.00. The molecular weight excluding hydrogens is 454 g/mol. The zero-order valence-electron chi connectivity index (χ0n) is 19.8. The van der Waals surface area contributed by atoms with Crippen LogP contribution in [0.25, 0.3) is 5.69 Å². The zero-order chi connectivity index (χ0) is 24.3. The van der Waals surface area contributed by atoms with Crippen molar-refractivity contribution in [1.82, 2.24) is 20.1 Å². The van der Waals surface area contributed by atoms with Crippen molar-refractivity contribution in [2.24, 2.45) is 4.99 Å². The second-order valence-corrected chi connectivity index (χ2v) is 9.42. The summed E-state index contributed by atoms with van der Waals surface area (Å²) in [6.07, 6.45) is 0.213. The van der Waals surface area contributed by atoms with Gasteiger partial charge in [-0.15, -0.1) is 10.2 Å². The number of amides is 1. The predicted octanol–water partition coefficient (Wildman–Crippen LogP) is 4.87. The van der Waals surface area contributed by atoms with Crippen LogP contribution >= 0.6 is 11.6 Å². The third-order valence-corrected chi connectivity index (χ3v) is 5.36. The van der Waals surface area contributed by atoms with Crippen molar-refractivity contribution in [3.8, 4) is 11.4 Å². The summed E-state index contributed by atoms with van der Waals surface area (Å²) in [5, 5.41) is 11.9. The summed E-state index contributed by atoms with van der Waals surface area (Å²) >= 11 is 6.10. The molecule has 9 heteroatoms. The molecule has 8 nitrogen and oxygen atoms in total. The number of hydrogen-bond acceptors (Lipinski definition) is 6. The first-order chi connectivity index (χ1) is 16.2. The van der Waals surface area contributed by atoms with Crippen LogP contribution < -0.4 is 10.1 Å². The van der Waals surface area contributed by atoms with Crippen LogP contribution in [0.4, 0.5) is 4.79 Å². The summed E-state index contributed by atoms with van der Waals surface area (Å²) in [5.74, 6) is 2.29. The van der Waals surface area contributed by atoms with Crippen LogP contribution in [-0.2, 0) is 11.3 Å². The number of carbonyl (C=O) groups excluding carboxylic acids is 1. The Bertz CT molecular complexity index is 1210. The van der Waals surface area contributed by atoms with Crippen LogP contribution in [0.3, 0.4) is 0 Å². The van der Waals surface area contributed by atoms with Crippen molar-refractivity contribution in [3.63, 3.8) is 0 Å². The number of aliphatic imine (C=N–C) groups is 1. The second-order valence-electron chi connectivity index (χ2n) is 8.98. The van der Waals surface area contributed by atoms with Gasteiger partial charge in [-0.3, -0.25) is 9.56 Å². The number of aromatic nitrogens is 3. The molecule has 2 aromatic carbocycles. The van der Waals surface area contributed by atoms with Gasteiger partial charge in [-0.1, -0.05) is 23.7 Å². The number of aryl methyl sites for hydroxylation is 1. The van der Waals surface area contributed by atoms with Gasteiger partial charge in [0.15, 0.2) is 5.82 Å². The van der Waals surface area contributed by atoms with Crippen LogP contribution in [0.15, 0.2) is 47.5 Å². The standard InChI is InChI=1S/C25H28ClN5O3/c1-16-29-30-22-15-28-23(17-6-8-18(26)9-7-17)20-14-19(10-11-21(20)31(16)22)33-13-5-12-27-24(32)34-25(2,3)4/h6-11,14H,5,12-13,15H2,1-4H3,(H,27,32). The van der Waals surface area contributed by atoms with Crippen molar-refractivity contribution < 1.29 is 14.3 Å². The summed E-state index contributed by atoms with van der Waals surface area (Å²) in [4.78, 5) is 16.6. The van der Waals surface area contributed by atoms with Gasteiger partial charge in [0.2, 0.25) is 0 Å². The highest BCUT2D eigenvalue weighted by Gasteiger charge is 2.22. The van der Waals surface area contributed by atoms with Crippen molar-refractivity contribution in [2.45, 2.75) is 46.3 Å². The number of halogens is 1. The smallest absolute Gasteiger partial charge is 0.407 e. The third kappa shape index (κ3) is 5.56. The summed E-state index contributed by atoms with van der Waals surface area (Å²) in [5.41, 5.74) is 3.15. The van der Waals surface area contributed by atoms with E-state index in [1.165, 1.54) is 0 Å². The molecule has 4 rings (SSSR count). The topological polar surface area (TPSA) is 90.6 Å². The van der Waals surface area contributed by atoms with Crippen LogP contribution in [0.2, 0.25) is 5.02 Å². The Morgan fingerprint density at radius 2 is 1.91 bits per heavy atom. The molecule has 0 fully saturated rings. The normalized spacial score (nSPS) is 12.8. The minimum atomic E-state index is -0.519. The molecule has 1 amide bonds. The molecule has 0 aliphatic carbocycles. The Kier molecular flexibility index (Phi) is 6.88. The van der Waals surface area contributed by atoms with Gasteiger partial charge < -0.3 is 14.8 Å². The lowest BCUT2D eigenvalue weighted by molar-refractivity contribution is 0.0525. The van der Waals surface area contributed by atoms with Gasteiger partial charge >= 0.3 is 6.09 Å². The van der Waals surface area contributed by atoms with Crippen LogP contribution in [0.1, 0.15) is 50.0 Å². The molecule has 34 heavy (non-hydrogen) atoms. The lowest BCUT2D eigenvalue weighted by Gasteiger charge is -2.19. The number of rotatable bonds is 6. The molecule has 0 radical (unpaired) electrons. The van der Waals surface area contributed by atoms with E-state index in [1.807, 2.05) is 74.7 Å². The summed E-state index contributed by atoms with van der Waals surface area (Å²) in [6.45, 7) is 8.74. The Hall–Kier alpha value is -3.39. The average Bonchev–Trinajstić information content (AvgIpc) is 3.05.